The maximum Gasteiger partial charge on any atom is 0.235 e. The summed E-state index contributed by atoms with van der Waals surface area (Å²) < 4.78 is 5.71. The van der Waals surface area contributed by atoms with Crippen molar-refractivity contribution >= 4 is 40.5 Å². The number of likely N-dealkylation sites (tertiary alicyclic amines) is 1. The Morgan fingerprint density at radius 3 is 2.56 bits per heavy atom. The normalized spacial score (nSPS) is 29.7. The lowest BCUT2D eigenvalue weighted by Crippen LogP contribution is -2.50. The fraction of sp³-hybridized carbons (Fsp3) is 0.370. The molecule has 2 aromatic carbocycles. The zero-order valence-electron chi connectivity index (χ0n) is 18.8. The van der Waals surface area contributed by atoms with Gasteiger partial charge in [0, 0.05) is 23.4 Å². The third-order valence-electron chi connectivity index (χ3n) is 7.66. The van der Waals surface area contributed by atoms with E-state index >= 15 is 0 Å². The molecule has 2 aromatic rings. The average Bonchev–Trinajstić information content (AvgIpc) is 3.53. The number of nitrogens with zero attached hydrogens (tertiary/aromatic N) is 2. The van der Waals surface area contributed by atoms with E-state index in [1.807, 2.05) is 42.2 Å². The fourth-order valence-electron chi connectivity index (χ4n) is 6.15. The summed E-state index contributed by atoms with van der Waals surface area (Å²) in [6.45, 7) is 2.92. The van der Waals surface area contributed by atoms with E-state index in [1.54, 1.807) is 24.3 Å². The molecule has 0 aliphatic carbocycles. The summed E-state index contributed by atoms with van der Waals surface area (Å²) in [5.74, 6) is -2.11. The molecule has 5 atom stereocenters. The number of anilines is 1. The van der Waals surface area contributed by atoms with Crippen molar-refractivity contribution in [3.63, 3.8) is 0 Å². The highest BCUT2D eigenvalue weighted by molar-refractivity contribution is 6.34. The minimum absolute atomic E-state index is 0.134. The molecule has 2 amide bonds. The number of imide groups is 1. The Kier molecular flexibility index (Phi) is 5.12. The predicted molar refractivity (Wildman–Crippen MR) is 129 cm³/mol. The van der Waals surface area contributed by atoms with Gasteiger partial charge in [0.2, 0.25) is 11.8 Å². The number of ketones is 1. The standard InChI is InChI=1S/C27H25ClN2O4/c1-15-13-21-22-23(27(33)29(26(22)32)14-16-7-6-12-34-16)24(25(31)18-9-2-4-10-19(18)28)30(21)20-11-5-3-8-17(15)20/h2-5,8-11,13,16,21-24H,6-7,12,14H2,1H3/t16-,21+,22-,23-,24+/m0/s1. The van der Waals surface area contributed by atoms with Gasteiger partial charge in [0.25, 0.3) is 0 Å². The molecule has 0 saturated carbocycles. The van der Waals surface area contributed by atoms with Gasteiger partial charge in [-0.05, 0) is 43.5 Å². The van der Waals surface area contributed by atoms with Crippen LogP contribution in [0.5, 0.6) is 0 Å². The lowest BCUT2D eigenvalue weighted by Gasteiger charge is -2.38. The number of fused-ring (bicyclic) bond motifs is 5. The van der Waals surface area contributed by atoms with Crippen LogP contribution in [0.2, 0.25) is 5.02 Å². The van der Waals surface area contributed by atoms with Crippen LogP contribution < -0.4 is 4.90 Å². The van der Waals surface area contributed by atoms with Crippen molar-refractivity contribution in [3.8, 4) is 0 Å². The summed E-state index contributed by atoms with van der Waals surface area (Å²) in [4.78, 5) is 44.8. The van der Waals surface area contributed by atoms with Crippen molar-refractivity contribution in [2.45, 2.75) is 38.0 Å². The molecular weight excluding hydrogens is 452 g/mol. The van der Waals surface area contributed by atoms with E-state index in [2.05, 4.69) is 0 Å². The third kappa shape index (κ3) is 3.08. The number of benzene rings is 2. The molecule has 3 fully saturated rings. The van der Waals surface area contributed by atoms with Crippen molar-refractivity contribution in [2.75, 3.05) is 18.1 Å². The molecule has 4 heterocycles. The second-order valence-electron chi connectivity index (χ2n) is 9.53. The molecule has 0 spiro atoms. The molecule has 0 N–H and O–H groups in total. The van der Waals surface area contributed by atoms with Crippen LogP contribution in [0.4, 0.5) is 5.69 Å². The fourth-order valence-corrected chi connectivity index (χ4v) is 6.38. The van der Waals surface area contributed by atoms with E-state index in [1.165, 1.54) is 4.90 Å². The zero-order valence-corrected chi connectivity index (χ0v) is 19.6. The summed E-state index contributed by atoms with van der Waals surface area (Å²) in [6, 6.07) is 13.6. The van der Waals surface area contributed by atoms with E-state index in [4.69, 9.17) is 16.3 Å². The van der Waals surface area contributed by atoms with Crippen LogP contribution in [0.3, 0.4) is 0 Å². The molecule has 7 heteroatoms. The van der Waals surface area contributed by atoms with Crippen LogP contribution in [0.1, 0.15) is 35.7 Å². The zero-order chi connectivity index (χ0) is 23.6. The Morgan fingerprint density at radius 1 is 1.06 bits per heavy atom. The predicted octanol–water partition coefficient (Wildman–Crippen LogP) is 3.98. The Labute approximate surface area is 203 Å². The number of allylic oxidation sites excluding steroid dienone is 1. The van der Waals surface area contributed by atoms with Gasteiger partial charge in [0.05, 0.1) is 35.5 Å². The average molecular weight is 477 g/mol. The van der Waals surface area contributed by atoms with Crippen molar-refractivity contribution in [1.82, 2.24) is 4.90 Å². The molecule has 174 valence electrons. The summed E-state index contributed by atoms with van der Waals surface area (Å²) in [7, 11) is 0. The SMILES string of the molecule is CC1=C[C@@H]2[C@@H]3C(=O)N(C[C@@H]4CCCO4)C(=O)[C@@H]3[C@H](C(=O)c3ccccc3Cl)N2c2ccccc21. The van der Waals surface area contributed by atoms with Crippen LogP contribution in [0.25, 0.3) is 5.57 Å². The Morgan fingerprint density at radius 2 is 1.79 bits per heavy atom. The van der Waals surface area contributed by atoms with Crippen LogP contribution in [-0.4, -0.2) is 53.8 Å². The summed E-state index contributed by atoms with van der Waals surface area (Å²) in [6.07, 6.45) is 3.66. The van der Waals surface area contributed by atoms with E-state index in [9.17, 15) is 14.4 Å². The molecule has 0 radical (unpaired) electrons. The van der Waals surface area contributed by atoms with Gasteiger partial charge in [-0.2, -0.15) is 0 Å². The third-order valence-corrected chi connectivity index (χ3v) is 7.99. The number of ether oxygens (including phenoxy) is 1. The number of hydrogen-bond donors (Lipinski definition) is 0. The highest BCUT2D eigenvalue weighted by Gasteiger charge is 2.64. The van der Waals surface area contributed by atoms with Crippen LogP contribution in [-0.2, 0) is 14.3 Å². The van der Waals surface area contributed by atoms with E-state index < -0.39 is 17.9 Å². The first-order valence-corrected chi connectivity index (χ1v) is 12.2. The van der Waals surface area contributed by atoms with Gasteiger partial charge in [-0.25, -0.2) is 0 Å². The van der Waals surface area contributed by atoms with Gasteiger partial charge in [0.15, 0.2) is 5.78 Å². The van der Waals surface area contributed by atoms with Gasteiger partial charge < -0.3 is 9.64 Å². The lowest BCUT2D eigenvalue weighted by atomic mass is 9.85. The maximum atomic E-state index is 14.0. The first kappa shape index (κ1) is 21.6. The highest BCUT2D eigenvalue weighted by atomic mass is 35.5. The van der Waals surface area contributed by atoms with Gasteiger partial charge in [-0.15, -0.1) is 0 Å². The number of carbonyl (C=O) groups is 3. The van der Waals surface area contributed by atoms with Crippen molar-refractivity contribution in [1.29, 1.82) is 0 Å². The van der Waals surface area contributed by atoms with Crippen LogP contribution in [0, 0.1) is 11.8 Å². The number of halogens is 1. The monoisotopic (exact) mass is 476 g/mol. The number of hydrogen-bond acceptors (Lipinski definition) is 5. The molecule has 0 bridgehead atoms. The molecule has 3 saturated heterocycles. The van der Waals surface area contributed by atoms with Crippen LogP contribution >= 0.6 is 11.6 Å². The van der Waals surface area contributed by atoms with Crippen molar-refractivity contribution in [2.24, 2.45) is 11.8 Å². The van der Waals surface area contributed by atoms with Gasteiger partial charge in [-0.1, -0.05) is 48.0 Å². The van der Waals surface area contributed by atoms with Crippen molar-refractivity contribution in [3.05, 3.63) is 70.8 Å². The molecule has 6 rings (SSSR count). The summed E-state index contributed by atoms with van der Waals surface area (Å²) in [5.41, 5.74) is 3.29. The van der Waals surface area contributed by atoms with Gasteiger partial charge >= 0.3 is 0 Å². The van der Waals surface area contributed by atoms with Gasteiger partial charge in [-0.3, -0.25) is 19.3 Å². The molecule has 6 nitrogen and oxygen atoms in total. The molecule has 4 aliphatic heterocycles. The molecule has 34 heavy (non-hydrogen) atoms. The Bertz CT molecular complexity index is 1230. The van der Waals surface area contributed by atoms with Crippen molar-refractivity contribution < 1.29 is 19.1 Å². The molecule has 4 aliphatic rings. The van der Waals surface area contributed by atoms with E-state index in [0.29, 0.717) is 17.2 Å². The second-order valence-corrected chi connectivity index (χ2v) is 9.93. The largest absolute Gasteiger partial charge is 0.376 e. The second kappa shape index (κ2) is 8.07. The maximum absolute atomic E-state index is 14.0. The summed E-state index contributed by atoms with van der Waals surface area (Å²) >= 11 is 6.42. The molecule has 0 unspecified atom stereocenters. The number of para-hydroxylation sites is 1. The minimum Gasteiger partial charge on any atom is -0.376 e. The van der Waals surface area contributed by atoms with Gasteiger partial charge in [0.1, 0.15) is 6.04 Å². The van der Waals surface area contributed by atoms with Crippen LogP contribution in [0.15, 0.2) is 54.6 Å². The first-order chi connectivity index (χ1) is 16.5. The lowest BCUT2D eigenvalue weighted by molar-refractivity contribution is -0.142. The Balaban J connectivity index is 1.47. The summed E-state index contributed by atoms with van der Waals surface area (Å²) in [5, 5.41) is 0.345. The number of Topliss-reactive ketones (excluding diaryl/α,β-unsaturated/α-hetero) is 1. The highest BCUT2D eigenvalue weighted by Crippen LogP contribution is 2.50. The Hall–Kier alpha value is -2.96. The smallest absolute Gasteiger partial charge is 0.235 e. The molecular formula is C27H25ClN2O4. The first-order valence-electron chi connectivity index (χ1n) is 11.8. The number of carbonyl (C=O) groups excluding carboxylic acids is 3. The quantitative estimate of drug-likeness (QED) is 0.493. The topological polar surface area (TPSA) is 66.9 Å². The number of rotatable bonds is 4. The number of amides is 2. The van der Waals surface area contributed by atoms with E-state index in [-0.39, 0.29) is 36.3 Å². The minimum atomic E-state index is -0.814. The van der Waals surface area contributed by atoms with E-state index in [0.717, 1.165) is 29.7 Å². The molecule has 0 aromatic heterocycles.